The summed E-state index contributed by atoms with van der Waals surface area (Å²) in [6.07, 6.45) is 1.49. The average molecular weight is 338 g/mol. The minimum absolute atomic E-state index is 0.0997. The molecule has 2 N–H and O–H groups in total. The predicted molar refractivity (Wildman–Crippen MR) is 76.2 cm³/mol. The molecule has 0 aliphatic rings. The molecular weight excluding hydrogens is 320 g/mol. The Kier molecular flexibility index (Phi) is 8.89. The molecule has 110 valence electrons. The topological polar surface area (TPSA) is 109 Å². The molecule has 1 atom stereocenters. The first kappa shape index (κ1) is 18.5. The number of rotatable bonds is 10. The molecule has 0 aliphatic heterocycles. The van der Waals surface area contributed by atoms with Crippen molar-refractivity contribution >= 4 is 41.8 Å². The van der Waals surface area contributed by atoms with Crippen molar-refractivity contribution in [2.45, 2.75) is 31.4 Å². The van der Waals surface area contributed by atoms with Crippen LogP contribution in [0.5, 0.6) is 0 Å². The van der Waals surface area contributed by atoms with Crippen LogP contribution in [0.25, 0.3) is 0 Å². The van der Waals surface area contributed by atoms with Gasteiger partial charge in [-0.05, 0) is 19.3 Å². The highest BCUT2D eigenvalue weighted by Crippen LogP contribution is 2.31. The van der Waals surface area contributed by atoms with Crippen molar-refractivity contribution in [2.75, 3.05) is 17.3 Å². The molecule has 0 aromatic heterocycles. The summed E-state index contributed by atoms with van der Waals surface area (Å²) in [4.78, 5) is 0. The summed E-state index contributed by atoms with van der Waals surface area (Å²) >= 11 is 0. The maximum absolute atomic E-state index is 10.6. The van der Waals surface area contributed by atoms with E-state index in [9.17, 15) is 16.8 Å². The molecule has 10 heteroatoms. The van der Waals surface area contributed by atoms with Gasteiger partial charge in [0.1, 0.15) is 0 Å². The molecule has 0 aliphatic carbocycles. The molecule has 0 amide bonds. The van der Waals surface area contributed by atoms with E-state index >= 15 is 0 Å². The first-order chi connectivity index (χ1) is 8.14. The van der Waals surface area contributed by atoms with Gasteiger partial charge in [0.05, 0.1) is 11.5 Å². The summed E-state index contributed by atoms with van der Waals surface area (Å²) in [7, 11) is -4.89. The minimum atomic E-state index is -3.92. The van der Waals surface area contributed by atoms with Gasteiger partial charge in [-0.3, -0.25) is 9.11 Å². The van der Waals surface area contributed by atoms with Crippen LogP contribution in [0.3, 0.4) is 0 Å². The third-order valence-electron chi connectivity index (χ3n) is 1.99. The fourth-order valence-electron chi connectivity index (χ4n) is 1.05. The van der Waals surface area contributed by atoms with Crippen molar-refractivity contribution in [2.24, 2.45) is 0 Å². The average Bonchev–Trinajstić information content (AvgIpc) is 2.19. The van der Waals surface area contributed by atoms with Crippen LogP contribution in [0.4, 0.5) is 0 Å². The smallest absolute Gasteiger partial charge is 0.264 e. The minimum Gasteiger partial charge on any atom is -0.286 e. The van der Waals surface area contributed by atoms with Gasteiger partial charge in [0.25, 0.3) is 20.2 Å². The highest BCUT2D eigenvalue weighted by Gasteiger charge is 2.13. The maximum atomic E-state index is 10.6. The van der Waals surface area contributed by atoms with Gasteiger partial charge >= 0.3 is 0 Å². The Labute approximate surface area is 116 Å². The van der Waals surface area contributed by atoms with E-state index < -0.39 is 20.2 Å². The van der Waals surface area contributed by atoms with Crippen molar-refractivity contribution in [1.82, 2.24) is 0 Å². The summed E-state index contributed by atoms with van der Waals surface area (Å²) in [6.45, 7) is 1.92. The Morgan fingerprint density at radius 2 is 1.61 bits per heavy atom. The number of hydrogen-bond acceptors (Lipinski definition) is 6. The second-order valence-corrected chi connectivity index (χ2v) is 9.59. The zero-order valence-electron chi connectivity index (χ0n) is 9.98. The Bertz CT molecular complexity index is 415. The molecule has 0 aromatic rings. The van der Waals surface area contributed by atoms with E-state index in [2.05, 4.69) is 0 Å². The zero-order valence-corrected chi connectivity index (χ0v) is 13.2. The van der Waals surface area contributed by atoms with Gasteiger partial charge in [-0.2, -0.15) is 16.8 Å². The molecule has 0 fully saturated rings. The Morgan fingerprint density at radius 3 is 2.06 bits per heavy atom. The first-order valence-corrected chi connectivity index (χ1v) is 10.9. The van der Waals surface area contributed by atoms with Gasteiger partial charge in [-0.25, -0.2) is 0 Å². The van der Waals surface area contributed by atoms with Crippen LogP contribution in [0.2, 0.25) is 0 Å². The van der Waals surface area contributed by atoms with Gasteiger partial charge in [0.2, 0.25) is 0 Å². The molecule has 0 aromatic carbocycles. The Balaban J connectivity index is 3.75. The molecule has 18 heavy (non-hydrogen) atoms. The van der Waals surface area contributed by atoms with Gasteiger partial charge in [-0.15, -0.1) is 0 Å². The van der Waals surface area contributed by atoms with Gasteiger partial charge in [-0.1, -0.05) is 28.5 Å². The lowest BCUT2D eigenvalue weighted by Crippen LogP contribution is -2.10. The lowest BCUT2D eigenvalue weighted by Gasteiger charge is -2.12. The van der Waals surface area contributed by atoms with Crippen LogP contribution in [0, 0.1) is 0 Å². The fourth-order valence-corrected chi connectivity index (χ4v) is 5.29. The lowest BCUT2D eigenvalue weighted by molar-refractivity contribution is 0.479. The molecule has 1 unspecified atom stereocenters. The van der Waals surface area contributed by atoms with Crippen LogP contribution in [-0.2, 0) is 20.2 Å². The molecule has 0 spiro atoms. The van der Waals surface area contributed by atoms with Crippen LogP contribution in [-0.4, -0.2) is 48.4 Å². The fraction of sp³-hybridized carbons (Fsp3) is 1.00. The molecule has 6 nitrogen and oxygen atoms in total. The van der Waals surface area contributed by atoms with Crippen molar-refractivity contribution in [3.8, 4) is 0 Å². The van der Waals surface area contributed by atoms with Crippen molar-refractivity contribution in [3.05, 3.63) is 0 Å². The van der Waals surface area contributed by atoms with Crippen molar-refractivity contribution < 1.29 is 25.9 Å². The quantitative estimate of drug-likeness (QED) is 0.352. The Morgan fingerprint density at radius 1 is 1.06 bits per heavy atom. The molecule has 0 heterocycles. The maximum Gasteiger partial charge on any atom is 0.264 e. The summed E-state index contributed by atoms with van der Waals surface area (Å²) in [5.74, 6) is 0.0410. The molecule has 0 rings (SSSR count). The second kappa shape index (κ2) is 8.64. The van der Waals surface area contributed by atoms with Gasteiger partial charge in [0, 0.05) is 11.0 Å². The molecular formula is C8H18O6S4. The van der Waals surface area contributed by atoms with E-state index in [-0.39, 0.29) is 16.8 Å². The molecule has 0 saturated heterocycles. The van der Waals surface area contributed by atoms with E-state index in [1.54, 1.807) is 0 Å². The molecule has 0 bridgehead atoms. The summed E-state index contributed by atoms with van der Waals surface area (Å²) < 4.78 is 59.2. The van der Waals surface area contributed by atoms with Gasteiger partial charge in [0.15, 0.2) is 0 Å². The van der Waals surface area contributed by atoms with Crippen LogP contribution < -0.4 is 0 Å². The zero-order chi connectivity index (χ0) is 14.2. The SMILES string of the molecule is CCC(CCS(=O)(=O)O)SSCCCS(=O)(=O)O. The van der Waals surface area contributed by atoms with E-state index in [1.165, 1.54) is 21.6 Å². The van der Waals surface area contributed by atoms with Crippen LogP contribution in [0.1, 0.15) is 26.2 Å². The van der Waals surface area contributed by atoms with Crippen molar-refractivity contribution in [3.63, 3.8) is 0 Å². The lowest BCUT2D eigenvalue weighted by atomic mass is 10.3. The highest BCUT2D eigenvalue weighted by atomic mass is 33.1. The third-order valence-corrected chi connectivity index (χ3v) is 6.70. The van der Waals surface area contributed by atoms with Crippen molar-refractivity contribution in [1.29, 1.82) is 0 Å². The van der Waals surface area contributed by atoms with E-state index in [0.717, 1.165) is 6.42 Å². The second-order valence-electron chi connectivity index (χ2n) is 3.66. The summed E-state index contributed by atoms with van der Waals surface area (Å²) in [5, 5.41) is 0.0997. The monoisotopic (exact) mass is 338 g/mol. The largest absolute Gasteiger partial charge is 0.286 e. The molecule has 0 radical (unpaired) electrons. The highest BCUT2D eigenvalue weighted by molar-refractivity contribution is 8.76. The van der Waals surface area contributed by atoms with E-state index in [0.29, 0.717) is 18.6 Å². The van der Waals surface area contributed by atoms with E-state index in [1.807, 2.05) is 6.92 Å². The number of hydrogen-bond donors (Lipinski definition) is 2. The summed E-state index contributed by atoms with van der Waals surface area (Å²) in [6, 6.07) is 0. The van der Waals surface area contributed by atoms with Crippen LogP contribution in [0.15, 0.2) is 0 Å². The summed E-state index contributed by atoms with van der Waals surface area (Å²) in [5.41, 5.74) is 0. The normalized spacial score (nSPS) is 14.6. The Hall–Kier alpha value is 0.520. The first-order valence-electron chi connectivity index (χ1n) is 5.32. The molecule has 0 saturated carbocycles. The van der Waals surface area contributed by atoms with E-state index in [4.69, 9.17) is 9.11 Å². The predicted octanol–water partition coefficient (Wildman–Crippen LogP) is 1.70. The van der Waals surface area contributed by atoms with Gasteiger partial charge < -0.3 is 0 Å². The van der Waals surface area contributed by atoms with Crippen LogP contribution >= 0.6 is 21.6 Å². The third kappa shape index (κ3) is 13.0. The standard InChI is InChI=1S/C8H18O6S4/c1-2-8(4-7-18(12,13)14)16-15-5-3-6-17(9,10)11/h8H,2-7H2,1H3,(H,9,10,11)(H,12,13,14).